The number of carboxylic acid groups (broad SMARTS) is 1. The van der Waals surface area contributed by atoms with Gasteiger partial charge in [-0.1, -0.05) is 0 Å². The highest BCUT2D eigenvalue weighted by atomic mass is 32.1. The summed E-state index contributed by atoms with van der Waals surface area (Å²) >= 11 is 1.00. The Balaban J connectivity index is 2.91. The van der Waals surface area contributed by atoms with Gasteiger partial charge in [0.25, 0.3) is 0 Å². The van der Waals surface area contributed by atoms with Crippen molar-refractivity contribution in [2.24, 2.45) is 0 Å². The van der Waals surface area contributed by atoms with Crippen molar-refractivity contribution in [3.63, 3.8) is 0 Å². The molecule has 0 fully saturated rings. The first-order valence-electron chi connectivity index (χ1n) is 3.05. The predicted molar refractivity (Wildman–Crippen MR) is 42.6 cm³/mol. The van der Waals surface area contributed by atoms with E-state index in [9.17, 15) is 9.59 Å². The molecule has 0 radical (unpaired) electrons. The number of carbonyl (C=O) groups excluding carboxylic acids is 1. The molecule has 5 heteroatoms. The van der Waals surface area contributed by atoms with Gasteiger partial charge in [0.05, 0.1) is 12.7 Å². The molecule has 0 spiro atoms. The zero-order chi connectivity index (χ0) is 9.14. The van der Waals surface area contributed by atoms with E-state index >= 15 is 0 Å². The highest BCUT2D eigenvalue weighted by Gasteiger charge is 2.11. The van der Waals surface area contributed by atoms with Crippen LogP contribution in [0.5, 0.6) is 0 Å². The Labute approximate surface area is 72.4 Å². The molecule has 0 saturated heterocycles. The average Bonchev–Trinajstić information content (AvgIpc) is 2.51. The van der Waals surface area contributed by atoms with E-state index in [0.717, 1.165) is 11.3 Å². The number of thiophene rings is 1. The summed E-state index contributed by atoms with van der Waals surface area (Å²) < 4.78 is 4.40. The normalized spacial score (nSPS) is 9.42. The lowest BCUT2D eigenvalue weighted by Gasteiger charge is -1.91. The molecule has 1 aromatic rings. The van der Waals surface area contributed by atoms with E-state index in [0.29, 0.717) is 0 Å². The van der Waals surface area contributed by atoms with Crippen LogP contribution < -0.4 is 0 Å². The van der Waals surface area contributed by atoms with Gasteiger partial charge in [-0.15, -0.1) is 11.3 Å². The van der Waals surface area contributed by atoms with Crippen molar-refractivity contribution < 1.29 is 19.4 Å². The standard InChI is InChI=1S/C7H6O4S/c1-11-7(10)4-2-5(6(8)9)12-3-4/h2-3H,1H3,(H,8,9). The molecule has 1 aromatic heterocycles. The summed E-state index contributed by atoms with van der Waals surface area (Å²) in [4.78, 5) is 21.4. The van der Waals surface area contributed by atoms with Gasteiger partial charge >= 0.3 is 11.9 Å². The number of rotatable bonds is 2. The average molecular weight is 186 g/mol. The molecule has 0 aromatic carbocycles. The van der Waals surface area contributed by atoms with Gasteiger partial charge in [-0.05, 0) is 6.07 Å². The van der Waals surface area contributed by atoms with Gasteiger partial charge in [-0.2, -0.15) is 0 Å². The maximum Gasteiger partial charge on any atom is 0.345 e. The molecular weight excluding hydrogens is 180 g/mol. The lowest BCUT2D eigenvalue weighted by atomic mass is 10.3. The Hall–Kier alpha value is -1.36. The molecule has 0 atom stereocenters. The molecule has 12 heavy (non-hydrogen) atoms. The highest BCUT2D eigenvalue weighted by molar-refractivity contribution is 7.12. The van der Waals surface area contributed by atoms with Crippen LogP contribution in [0.3, 0.4) is 0 Å². The topological polar surface area (TPSA) is 63.6 Å². The Morgan fingerprint density at radius 2 is 2.25 bits per heavy atom. The van der Waals surface area contributed by atoms with Crippen LogP contribution in [0, 0.1) is 0 Å². The van der Waals surface area contributed by atoms with E-state index in [1.165, 1.54) is 18.6 Å². The van der Waals surface area contributed by atoms with Crippen LogP contribution in [0.1, 0.15) is 20.0 Å². The quantitative estimate of drug-likeness (QED) is 0.705. The minimum absolute atomic E-state index is 0.135. The van der Waals surface area contributed by atoms with Gasteiger partial charge in [0.15, 0.2) is 0 Å². The first kappa shape index (κ1) is 8.73. The van der Waals surface area contributed by atoms with E-state index in [2.05, 4.69) is 4.74 Å². The maximum absolute atomic E-state index is 10.8. The largest absolute Gasteiger partial charge is 0.477 e. The minimum Gasteiger partial charge on any atom is -0.477 e. The Morgan fingerprint density at radius 1 is 1.58 bits per heavy atom. The number of carbonyl (C=O) groups is 2. The third kappa shape index (κ3) is 1.62. The van der Waals surface area contributed by atoms with Crippen LogP contribution in [0.4, 0.5) is 0 Å². The van der Waals surface area contributed by atoms with Gasteiger partial charge in [0, 0.05) is 5.38 Å². The van der Waals surface area contributed by atoms with Crippen molar-refractivity contribution in [3.8, 4) is 0 Å². The molecule has 0 aliphatic rings. The lowest BCUT2D eigenvalue weighted by molar-refractivity contribution is 0.0601. The Bertz CT molecular complexity index is 315. The summed E-state index contributed by atoms with van der Waals surface area (Å²) in [7, 11) is 1.25. The molecule has 1 rings (SSSR count). The van der Waals surface area contributed by atoms with Crippen molar-refractivity contribution in [1.82, 2.24) is 0 Å². The van der Waals surface area contributed by atoms with Crippen molar-refractivity contribution in [1.29, 1.82) is 0 Å². The number of hydrogen-bond acceptors (Lipinski definition) is 4. The fourth-order valence-electron chi connectivity index (χ4n) is 0.673. The van der Waals surface area contributed by atoms with Crippen molar-refractivity contribution >= 4 is 23.3 Å². The Morgan fingerprint density at radius 3 is 2.67 bits per heavy atom. The number of aromatic carboxylic acids is 1. The number of methoxy groups -OCH3 is 1. The minimum atomic E-state index is -1.03. The van der Waals surface area contributed by atoms with Crippen molar-refractivity contribution in [2.45, 2.75) is 0 Å². The third-order valence-corrected chi connectivity index (χ3v) is 2.15. The molecule has 0 aliphatic carbocycles. The van der Waals surface area contributed by atoms with E-state index < -0.39 is 11.9 Å². The van der Waals surface area contributed by atoms with Gasteiger partial charge in [-0.3, -0.25) is 0 Å². The molecule has 0 saturated carbocycles. The van der Waals surface area contributed by atoms with Gasteiger partial charge in [-0.25, -0.2) is 9.59 Å². The van der Waals surface area contributed by atoms with E-state index in [1.807, 2.05) is 0 Å². The number of carboxylic acids is 1. The summed E-state index contributed by atoms with van der Waals surface area (Å²) in [6.45, 7) is 0. The summed E-state index contributed by atoms with van der Waals surface area (Å²) in [5.74, 6) is -1.55. The third-order valence-electron chi connectivity index (χ3n) is 1.23. The summed E-state index contributed by atoms with van der Waals surface area (Å²) in [6, 6.07) is 1.29. The van der Waals surface area contributed by atoms with Crippen LogP contribution in [0.25, 0.3) is 0 Å². The zero-order valence-corrected chi connectivity index (χ0v) is 7.05. The number of ether oxygens (including phenoxy) is 1. The van der Waals surface area contributed by atoms with Crippen LogP contribution in [0.15, 0.2) is 11.4 Å². The molecule has 4 nitrogen and oxygen atoms in total. The van der Waals surface area contributed by atoms with Crippen molar-refractivity contribution in [2.75, 3.05) is 7.11 Å². The molecule has 0 aliphatic heterocycles. The van der Waals surface area contributed by atoms with E-state index in [1.54, 1.807) is 0 Å². The van der Waals surface area contributed by atoms with Crippen LogP contribution >= 0.6 is 11.3 Å². The monoisotopic (exact) mass is 186 g/mol. The smallest absolute Gasteiger partial charge is 0.345 e. The molecule has 0 bridgehead atoms. The predicted octanol–water partition coefficient (Wildman–Crippen LogP) is 1.23. The lowest BCUT2D eigenvalue weighted by Crippen LogP contribution is -1.99. The van der Waals surface area contributed by atoms with Crippen LogP contribution in [-0.2, 0) is 4.74 Å². The first-order valence-corrected chi connectivity index (χ1v) is 3.93. The van der Waals surface area contributed by atoms with Crippen molar-refractivity contribution in [3.05, 3.63) is 21.9 Å². The van der Waals surface area contributed by atoms with Crippen LogP contribution in [-0.4, -0.2) is 24.2 Å². The second kappa shape index (κ2) is 3.36. The number of hydrogen-bond donors (Lipinski definition) is 1. The second-order valence-corrected chi connectivity index (χ2v) is 2.91. The molecule has 1 N–H and O–H groups in total. The highest BCUT2D eigenvalue weighted by Crippen LogP contribution is 2.14. The fourth-order valence-corrected chi connectivity index (χ4v) is 1.39. The summed E-state index contributed by atoms with van der Waals surface area (Å²) in [5, 5.41) is 9.96. The first-order chi connectivity index (χ1) is 5.65. The zero-order valence-electron chi connectivity index (χ0n) is 6.23. The van der Waals surface area contributed by atoms with Gasteiger partial charge in [0.1, 0.15) is 4.88 Å². The van der Waals surface area contributed by atoms with E-state index in [4.69, 9.17) is 5.11 Å². The maximum atomic E-state index is 10.8. The molecule has 0 amide bonds. The fraction of sp³-hybridized carbons (Fsp3) is 0.143. The van der Waals surface area contributed by atoms with Gasteiger partial charge in [0.2, 0.25) is 0 Å². The molecular formula is C7H6O4S. The molecule has 0 unspecified atom stereocenters. The molecule has 64 valence electrons. The number of esters is 1. The molecule has 1 heterocycles. The van der Waals surface area contributed by atoms with Gasteiger partial charge < -0.3 is 9.84 Å². The Kier molecular flexibility index (Phi) is 2.44. The SMILES string of the molecule is COC(=O)c1csc(C(=O)O)c1. The summed E-state index contributed by atoms with van der Waals surface area (Å²) in [6.07, 6.45) is 0. The van der Waals surface area contributed by atoms with Crippen LogP contribution in [0.2, 0.25) is 0 Å². The second-order valence-electron chi connectivity index (χ2n) is 2.00. The van der Waals surface area contributed by atoms with E-state index in [-0.39, 0.29) is 10.4 Å². The summed E-state index contributed by atoms with van der Waals surface area (Å²) in [5.41, 5.74) is 0.278.